The van der Waals surface area contributed by atoms with Gasteiger partial charge in [0.2, 0.25) is 5.91 Å². The van der Waals surface area contributed by atoms with Crippen molar-refractivity contribution in [2.24, 2.45) is 0 Å². The second kappa shape index (κ2) is 7.01. The normalized spacial score (nSPS) is 10.9. The zero-order valence-corrected chi connectivity index (χ0v) is 11.4. The average Bonchev–Trinajstić information content (AvgIpc) is 2.29. The molecule has 0 heterocycles. The van der Waals surface area contributed by atoms with E-state index in [2.05, 4.69) is 10.2 Å². The van der Waals surface area contributed by atoms with Crippen LogP contribution in [0.15, 0.2) is 24.3 Å². The second-order valence-corrected chi connectivity index (χ2v) is 4.95. The summed E-state index contributed by atoms with van der Waals surface area (Å²) >= 11 is 0. The van der Waals surface area contributed by atoms with Gasteiger partial charge in [-0.15, -0.1) is 0 Å². The first-order valence-electron chi connectivity index (χ1n) is 6.29. The number of hydrogen-bond acceptors (Lipinski definition) is 3. The van der Waals surface area contributed by atoms with Crippen molar-refractivity contribution in [1.82, 2.24) is 10.2 Å². The van der Waals surface area contributed by atoms with Crippen LogP contribution in [0.1, 0.15) is 25.8 Å². The van der Waals surface area contributed by atoms with Crippen molar-refractivity contribution in [2.75, 3.05) is 19.3 Å². The number of benzene rings is 1. The van der Waals surface area contributed by atoms with Gasteiger partial charge in [0, 0.05) is 31.2 Å². The first-order chi connectivity index (χ1) is 8.47. The molecule has 0 atom stereocenters. The van der Waals surface area contributed by atoms with Gasteiger partial charge in [0.05, 0.1) is 0 Å². The SMILES string of the molecule is CC(C)NC(=O)CCN(C)Cc1ccc(N)cc1. The molecule has 3 N–H and O–H groups in total. The largest absolute Gasteiger partial charge is 0.399 e. The van der Waals surface area contributed by atoms with Crippen LogP contribution in [-0.2, 0) is 11.3 Å². The Bertz CT molecular complexity index is 373. The number of anilines is 1. The lowest BCUT2D eigenvalue weighted by atomic mass is 10.2. The summed E-state index contributed by atoms with van der Waals surface area (Å²) in [4.78, 5) is 13.6. The Kier molecular flexibility index (Phi) is 5.65. The van der Waals surface area contributed by atoms with Gasteiger partial charge in [0.25, 0.3) is 0 Å². The van der Waals surface area contributed by atoms with Crippen LogP contribution in [0.3, 0.4) is 0 Å². The van der Waals surface area contributed by atoms with E-state index in [-0.39, 0.29) is 11.9 Å². The summed E-state index contributed by atoms with van der Waals surface area (Å²) in [6.45, 7) is 5.52. The highest BCUT2D eigenvalue weighted by Crippen LogP contribution is 2.07. The van der Waals surface area contributed by atoms with Gasteiger partial charge in [0.15, 0.2) is 0 Å². The number of rotatable bonds is 6. The molecule has 0 saturated carbocycles. The molecule has 1 aromatic carbocycles. The number of hydrogen-bond donors (Lipinski definition) is 2. The Morgan fingerprint density at radius 1 is 1.33 bits per heavy atom. The molecule has 0 radical (unpaired) electrons. The topological polar surface area (TPSA) is 58.4 Å². The van der Waals surface area contributed by atoms with E-state index in [0.717, 1.165) is 18.8 Å². The van der Waals surface area contributed by atoms with Crippen molar-refractivity contribution in [1.29, 1.82) is 0 Å². The first kappa shape index (κ1) is 14.5. The highest BCUT2D eigenvalue weighted by atomic mass is 16.1. The van der Waals surface area contributed by atoms with E-state index < -0.39 is 0 Å². The predicted molar refractivity (Wildman–Crippen MR) is 75.1 cm³/mol. The monoisotopic (exact) mass is 249 g/mol. The van der Waals surface area contributed by atoms with Gasteiger partial charge in [-0.3, -0.25) is 4.79 Å². The van der Waals surface area contributed by atoms with Crippen LogP contribution in [0.25, 0.3) is 0 Å². The van der Waals surface area contributed by atoms with E-state index in [1.807, 2.05) is 45.2 Å². The Hall–Kier alpha value is -1.55. The van der Waals surface area contributed by atoms with Gasteiger partial charge < -0.3 is 16.0 Å². The van der Waals surface area contributed by atoms with E-state index in [1.54, 1.807) is 0 Å². The summed E-state index contributed by atoms with van der Waals surface area (Å²) in [6, 6.07) is 8.03. The maximum atomic E-state index is 11.5. The fourth-order valence-corrected chi connectivity index (χ4v) is 1.70. The Balaban J connectivity index is 2.31. The number of nitrogens with two attached hydrogens (primary N) is 1. The summed E-state index contributed by atoms with van der Waals surface area (Å²) in [5.74, 6) is 0.106. The standard InChI is InChI=1S/C14H23N3O/c1-11(2)16-14(18)8-9-17(3)10-12-4-6-13(15)7-5-12/h4-7,11H,8-10,15H2,1-3H3,(H,16,18). The molecule has 0 aliphatic carbocycles. The van der Waals surface area contributed by atoms with Crippen molar-refractivity contribution < 1.29 is 4.79 Å². The van der Waals surface area contributed by atoms with E-state index >= 15 is 0 Å². The lowest BCUT2D eigenvalue weighted by Gasteiger charge is -2.17. The van der Waals surface area contributed by atoms with E-state index in [4.69, 9.17) is 5.73 Å². The third-order valence-corrected chi connectivity index (χ3v) is 2.60. The average molecular weight is 249 g/mol. The molecule has 0 bridgehead atoms. The predicted octanol–water partition coefficient (Wildman–Crippen LogP) is 1.62. The smallest absolute Gasteiger partial charge is 0.221 e. The van der Waals surface area contributed by atoms with Crippen LogP contribution in [0, 0.1) is 0 Å². The molecule has 0 spiro atoms. The summed E-state index contributed by atoms with van der Waals surface area (Å²) in [5, 5.41) is 2.89. The number of carbonyl (C=O) groups excluding carboxylic acids is 1. The van der Waals surface area contributed by atoms with E-state index in [1.165, 1.54) is 5.56 Å². The number of nitrogens with one attached hydrogen (secondary N) is 1. The summed E-state index contributed by atoms with van der Waals surface area (Å²) < 4.78 is 0. The molecule has 4 nitrogen and oxygen atoms in total. The number of nitrogens with zero attached hydrogens (tertiary/aromatic N) is 1. The summed E-state index contributed by atoms with van der Waals surface area (Å²) in [7, 11) is 2.01. The molecule has 18 heavy (non-hydrogen) atoms. The quantitative estimate of drug-likeness (QED) is 0.753. The Morgan fingerprint density at radius 2 is 1.94 bits per heavy atom. The molecule has 1 aromatic rings. The van der Waals surface area contributed by atoms with E-state index in [9.17, 15) is 4.79 Å². The zero-order chi connectivity index (χ0) is 13.5. The van der Waals surface area contributed by atoms with Crippen molar-refractivity contribution in [2.45, 2.75) is 32.9 Å². The van der Waals surface area contributed by atoms with Crippen LogP contribution in [0.4, 0.5) is 5.69 Å². The molecule has 4 heteroatoms. The minimum Gasteiger partial charge on any atom is -0.399 e. The number of amides is 1. The Labute approximate surface area is 109 Å². The maximum absolute atomic E-state index is 11.5. The molecule has 100 valence electrons. The van der Waals surface area contributed by atoms with Crippen LogP contribution in [0.5, 0.6) is 0 Å². The Morgan fingerprint density at radius 3 is 2.50 bits per heavy atom. The van der Waals surface area contributed by atoms with Gasteiger partial charge in [-0.05, 0) is 38.6 Å². The van der Waals surface area contributed by atoms with Crippen LogP contribution >= 0.6 is 0 Å². The molecular formula is C14H23N3O. The van der Waals surface area contributed by atoms with Gasteiger partial charge in [-0.1, -0.05) is 12.1 Å². The van der Waals surface area contributed by atoms with Crippen molar-refractivity contribution in [3.05, 3.63) is 29.8 Å². The van der Waals surface area contributed by atoms with Gasteiger partial charge in [-0.25, -0.2) is 0 Å². The first-order valence-corrected chi connectivity index (χ1v) is 6.29. The highest BCUT2D eigenvalue weighted by Gasteiger charge is 2.06. The fourth-order valence-electron chi connectivity index (χ4n) is 1.70. The minimum absolute atomic E-state index is 0.106. The van der Waals surface area contributed by atoms with Crippen molar-refractivity contribution >= 4 is 11.6 Å². The number of nitrogen functional groups attached to an aromatic ring is 1. The second-order valence-electron chi connectivity index (χ2n) is 4.95. The molecule has 1 amide bonds. The molecule has 0 aliphatic heterocycles. The maximum Gasteiger partial charge on any atom is 0.221 e. The van der Waals surface area contributed by atoms with Crippen LogP contribution < -0.4 is 11.1 Å². The molecule has 0 unspecified atom stereocenters. The van der Waals surface area contributed by atoms with Crippen LogP contribution in [0.2, 0.25) is 0 Å². The summed E-state index contributed by atoms with van der Waals surface area (Å²) in [5.41, 5.74) is 7.62. The zero-order valence-electron chi connectivity index (χ0n) is 11.4. The number of carbonyl (C=O) groups is 1. The molecule has 0 aromatic heterocycles. The third kappa shape index (κ3) is 5.68. The molecule has 0 fully saturated rings. The minimum atomic E-state index is 0.106. The molecule has 0 saturated heterocycles. The van der Waals surface area contributed by atoms with E-state index in [0.29, 0.717) is 6.42 Å². The van der Waals surface area contributed by atoms with Gasteiger partial charge in [0.1, 0.15) is 0 Å². The van der Waals surface area contributed by atoms with Gasteiger partial charge in [-0.2, -0.15) is 0 Å². The highest BCUT2D eigenvalue weighted by molar-refractivity contribution is 5.76. The fraction of sp³-hybridized carbons (Fsp3) is 0.500. The molecule has 0 aliphatic rings. The molecule has 1 rings (SSSR count). The molecular weight excluding hydrogens is 226 g/mol. The third-order valence-electron chi connectivity index (χ3n) is 2.60. The summed E-state index contributed by atoms with van der Waals surface area (Å²) in [6.07, 6.45) is 0.531. The van der Waals surface area contributed by atoms with Gasteiger partial charge >= 0.3 is 0 Å². The lowest BCUT2D eigenvalue weighted by Crippen LogP contribution is -2.33. The van der Waals surface area contributed by atoms with Crippen molar-refractivity contribution in [3.63, 3.8) is 0 Å². The van der Waals surface area contributed by atoms with Crippen LogP contribution in [-0.4, -0.2) is 30.4 Å². The van der Waals surface area contributed by atoms with Crippen molar-refractivity contribution in [3.8, 4) is 0 Å². The lowest BCUT2D eigenvalue weighted by molar-refractivity contribution is -0.121.